The Morgan fingerprint density at radius 1 is 1.39 bits per heavy atom. The van der Waals surface area contributed by atoms with E-state index in [1.807, 2.05) is 0 Å². The Morgan fingerprint density at radius 3 is 2.78 bits per heavy atom. The highest BCUT2D eigenvalue weighted by atomic mass is 79.9. The molecule has 0 atom stereocenters. The average Bonchev–Trinajstić information content (AvgIpc) is 2.30. The van der Waals surface area contributed by atoms with E-state index in [-0.39, 0.29) is 13.2 Å². The van der Waals surface area contributed by atoms with Crippen LogP contribution in [-0.4, -0.2) is 33.1 Å². The van der Waals surface area contributed by atoms with Gasteiger partial charge in [0.1, 0.15) is 5.75 Å². The van der Waals surface area contributed by atoms with Crippen LogP contribution in [0.15, 0.2) is 22.7 Å². The number of hydrogen-bond donors (Lipinski definition) is 0. The second-order valence-corrected chi connectivity index (χ2v) is 4.33. The zero-order chi connectivity index (χ0) is 13.4. The average molecular weight is 318 g/mol. The molecule has 0 spiro atoms. The lowest BCUT2D eigenvalue weighted by Gasteiger charge is -2.10. The van der Waals surface area contributed by atoms with Crippen molar-refractivity contribution in [3.05, 3.63) is 28.2 Å². The van der Waals surface area contributed by atoms with E-state index in [1.165, 1.54) is 0 Å². The van der Waals surface area contributed by atoms with Crippen molar-refractivity contribution in [1.82, 2.24) is 0 Å². The first-order valence-electron chi connectivity index (χ1n) is 5.31. The molecule has 1 aromatic carbocycles. The topological polar surface area (TPSA) is 67.8 Å². The number of hydrogen-bond acceptors (Lipinski definition) is 5. The van der Waals surface area contributed by atoms with E-state index in [2.05, 4.69) is 15.9 Å². The molecular formula is C12H14BrO5-. The summed E-state index contributed by atoms with van der Waals surface area (Å²) < 4.78 is 16.0. The van der Waals surface area contributed by atoms with E-state index in [0.29, 0.717) is 29.0 Å². The molecule has 0 unspecified atom stereocenters. The van der Waals surface area contributed by atoms with Gasteiger partial charge in [0.05, 0.1) is 17.7 Å². The standard InChI is InChI=1S/C12H15BrO5/c1-16-4-5-17-8-18-11-3-2-9(6-10(11)13)7-12(14)15/h2-3,6H,4-5,7-8H2,1H3,(H,14,15)/p-1. The summed E-state index contributed by atoms with van der Waals surface area (Å²) >= 11 is 3.30. The van der Waals surface area contributed by atoms with Gasteiger partial charge >= 0.3 is 0 Å². The van der Waals surface area contributed by atoms with E-state index in [9.17, 15) is 9.90 Å². The number of ether oxygens (including phenoxy) is 3. The van der Waals surface area contributed by atoms with Gasteiger partial charge in [0.2, 0.25) is 0 Å². The predicted molar refractivity (Wildman–Crippen MR) is 66.2 cm³/mol. The predicted octanol–water partition coefficient (Wildman–Crippen LogP) is 0.741. The van der Waals surface area contributed by atoms with Gasteiger partial charge in [0.15, 0.2) is 6.79 Å². The van der Waals surface area contributed by atoms with Crippen molar-refractivity contribution in [1.29, 1.82) is 0 Å². The SMILES string of the molecule is COCCOCOc1ccc(CC(=O)[O-])cc1Br. The van der Waals surface area contributed by atoms with Crippen molar-refractivity contribution in [2.75, 3.05) is 27.1 Å². The van der Waals surface area contributed by atoms with Crippen molar-refractivity contribution in [3.63, 3.8) is 0 Å². The largest absolute Gasteiger partial charge is 0.550 e. The quantitative estimate of drug-likeness (QED) is 0.522. The van der Waals surface area contributed by atoms with E-state index in [1.54, 1.807) is 25.3 Å². The van der Waals surface area contributed by atoms with Crippen LogP contribution in [0.1, 0.15) is 5.56 Å². The summed E-state index contributed by atoms with van der Waals surface area (Å²) in [5, 5.41) is 10.4. The molecule has 0 aliphatic heterocycles. The molecule has 0 bridgehead atoms. The van der Waals surface area contributed by atoms with Gasteiger partial charge in [-0.2, -0.15) is 0 Å². The summed E-state index contributed by atoms with van der Waals surface area (Å²) in [4.78, 5) is 10.4. The normalized spacial score (nSPS) is 10.3. The van der Waals surface area contributed by atoms with Gasteiger partial charge in [0.25, 0.3) is 0 Å². The molecule has 0 radical (unpaired) electrons. The monoisotopic (exact) mass is 317 g/mol. The number of methoxy groups -OCH3 is 1. The van der Waals surface area contributed by atoms with Gasteiger partial charge in [-0.05, 0) is 33.6 Å². The lowest BCUT2D eigenvalue weighted by Crippen LogP contribution is -2.24. The molecule has 1 rings (SSSR count). The number of carboxylic acids is 1. The first-order valence-corrected chi connectivity index (χ1v) is 6.10. The van der Waals surface area contributed by atoms with Crippen molar-refractivity contribution >= 4 is 21.9 Å². The van der Waals surface area contributed by atoms with Crippen LogP contribution in [0.2, 0.25) is 0 Å². The number of carboxylic acid groups (broad SMARTS) is 1. The summed E-state index contributed by atoms with van der Waals surface area (Å²) in [6.45, 7) is 1.08. The summed E-state index contributed by atoms with van der Waals surface area (Å²) in [6, 6.07) is 5.04. The fraction of sp³-hybridized carbons (Fsp3) is 0.417. The zero-order valence-electron chi connectivity index (χ0n) is 9.98. The maximum atomic E-state index is 10.4. The highest BCUT2D eigenvalue weighted by molar-refractivity contribution is 9.10. The number of carbonyl (C=O) groups is 1. The third-order valence-electron chi connectivity index (χ3n) is 2.07. The third kappa shape index (κ3) is 5.48. The second-order valence-electron chi connectivity index (χ2n) is 3.48. The smallest absolute Gasteiger partial charge is 0.189 e. The Bertz CT molecular complexity index is 394. The van der Waals surface area contributed by atoms with Gasteiger partial charge in [-0.25, -0.2) is 0 Å². The molecular weight excluding hydrogens is 304 g/mol. The van der Waals surface area contributed by atoms with Gasteiger partial charge in [-0.1, -0.05) is 6.07 Å². The number of carbonyl (C=O) groups excluding carboxylic acids is 1. The molecule has 100 valence electrons. The molecule has 5 nitrogen and oxygen atoms in total. The minimum absolute atomic E-state index is 0.113. The van der Waals surface area contributed by atoms with Crippen LogP contribution in [-0.2, 0) is 20.7 Å². The molecule has 0 fully saturated rings. The maximum absolute atomic E-state index is 10.4. The van der Waals surface area contributed by atoms with Crippen molar-refractivity contribution < 1.29 is 24.1 Å². The highest BCUT2D eigenvalue weighted by Crippen LogP contribution is 2.26. The molecule has 18 heavy (non-hydrogen) atoms. The van der Waals surface area contributed by atoms with Gasteiger partial charge < -0.3 is 24.1 Å². The van der Waals surface area contributed by atoms with Crippen molar-refractivity contribution in [3.8, 4) is 5.75 Å². The summed E-state index contributed by atoms with van der Waals surface area (Å²) in [5.41, 5.74) is 0.648. The van der Waals surface area contributed by atoms with E-state index in [4.69, 9.17) is 14.2 Å². The number of rotatable bonds is 8. The fourth-order valence-corrected chi connectivity index (χ4v) is 1.79. The van der Waals surface area contributed by atoms with Crippen LogP contribution >= 0.6 is 15.9 Å². The molecule has 0 aromatic heterocycles. The summed E-state index contributed by atoms with van der Waals surface area (Å²) in [7, 11) is 1.59. The Hall–Kier alpha value is -1.11. The van der Waals surface area contributed by atoms with Crippen LogP contribution in [0.4, 0.5) is 0 Å². The van der Waals surface area contributed by atoms with Crippen LogP contribution < -0.4 is 9.84 Å². The first-order chi connectivity index (χ1) is 8.63. The Morgan fingerprint density at radius 2 is 2.17 bits per heavy atom. The fourth-order valence-electron chi connectivity index (χ4n) is 1.24. The summed E-state index contributed by atoms with van der Waals surface area (Å²) in [5.74, 6) is -0.520. The Kier molecular flexibility index (Phi) is 6.70. The van der Waals surface area contributed by atoms with Crippen LogP contribution in [0.3, 0.4) is 0 Å². The van der Waals surface area contributed by atoms with E-state index < -0.39 is 5.97 Å². The number of aliphatic carboxylic acids is 1. The summed E-state index contributed by atoms with van der Waals surface area (Å²) in [6.07, 6.45) is -0.122. The minimum Gasteiger partial charge on any atom is -0.550 e. The molecule has 0 heterocycles. The highest BCUT2D eigenvalue weighted by Gasteiger charge is 2.03. The van der Waals surface area contributed by atoms with Gasteiger partial charge in [-0.15, -0.1) is 0 Å². The number of halogens is 1. The molecule has 0 saturated carbocycles. The molecule has 0 amide bonds. The minimum atomic E-state index is -1.11. The molecule has 1 aromatic rings. The molecule has 6 heteroatoms. The lowest BCUT2D eigenvalue weighted by atomic mass is 10.1. The van der Waals surface area contributed by atoms with Gasteiger partial charge in [0, 0.05) is 19.5 Å². The molecule has 0 saturated heterocycles. The Balaban J connectivity index is 2.44. The second kappa shape index (κ2) is 8.07. The lowest BCUT2D eigenvalue weighted by molar-refractivity contribution is -0.304. The van der Waals surface area contributed by atoms with E-state index >= 15 is 0 Å². The van der Waals surface area contributed by atoms with E-state index in [0.717, 1.165) is 0 Å². The third-order valence-corrected chi connectivity index (χ3v) is 2.69. The Labute approximate surface area is 114 Å². The zero-order valence-corrected chi connectivity index (χ0v) is 11.6. The van der Waals surface area contributed by atoms with Crippen LogP contribution in [0.5, 0.6) is 5.75 Å². The number of benzene rings is 1. The first kappa shape index (κ1) is 14.9. The van der Waals surface area contributed by atoms with Crippen molar-refractivity contribution in [2.45, 2.75) is 6.42 Å². The molecule has 0 aliphatic rings. The molecule has 0 aliphatic carbocycles. The van der Waals surface area contributed by atoms with Gasteiger partial charge in [-0.3, -0.25) is 0 Å². The van der Waals surface area contributed by atoms with Crippen molar-refractivity contribution in [2.24, 2.45) is 0 Å². The van der Waals surface area contributed by atoms with Crippen LogP contribution in [0, 0.1) is 0 Å². The maximum Gasteiger partial charge on any atom is 0.189 e. The van der Waals surface area contributed by atoms with Crippen LogP contribution in [0.25, 0.3) is 0 Å². The molecule has 0 N–H and O–H groups in total.